The summed E-state index contributed by atoms with van der Waals surface area (Å²) in [6.45, 7) is 1.48. The molecule has 1 aromatic carbocycles. The Labute approximate surface area is 132 Å². The van der Waals surface area contributed by atoms with Crippen molar-refractivity contribution >= 4 is 23.3 Å². The summed E-state index contributed by atoms with van der Waals surface area (Å²) in [6.07, 6.45) is 1.31. The topological polar surface area (TPSA) is 104 Å². The number of hydrogen-bond donors (Lipinski definition) is 2. The molecular weight excluding hydrogens is 298 g/mol. The lowest BCUT2D eigenvalue weighted by atomic mass is 10.0. The van der Waals surface area contributed by atoms with Crippen LogP contribution in [-0.4, -0.2) is 33.4 Å². The Morgan fingerprint density at radius 2 is 1.70 bits per heavy atom. The minimum absolute atomic E-state index is 0.0283. The molecule has 0 fully saturated rings. The number of carboxylic acid groups (broad SMARTS) is 1. The molecule has 1 heterocycles. The number of carbonyl (C=O) groups is 4. The number of carboxylic acids is 1. The smallest absolute Gasteiger partial charge is 0.372 e. The van der Waals surface area contributed by atoms with Gasteiger partial charge in [0.25, 0.3) is 0 Å². The van der Waals surface area contributed by atoms with Gasteiger partial charge in [-0.3, -0.25) is 14.4 Å². The van der Waals surface area contributed by atoms with E-state index in [0.29, 0.717) is 23.2 Å². The number of rotatable bonds is 7. The summed E-state index contributed by atoms with van der Waals surface area (Å²) in [7, 11) is 0. The predicted molar refractivity (Wildman–Crippen MR) is 81.6 cm³/mol. The highest BCUT2D eigenvalue weighted by Gasteiger charge is 2.20. The Bertz CT molecular complexity index is 771. The molecule has 1 aromatic heterocycles. The van der Waals surface area contributed by atoms with Crippen LogP contribution in [0.2, 0.25) is 0 Å². The molecule has 2 rings (SSSR count). The average Bonchev–Trinajstić information content (AvgIpc) is 2.95. The summed E-state index contributed by atoms with van der Waals surface area (Å²) >= 11 is 0. The Kier molecular flexibility index (Phi) is 4.85. The van der Waals surface area contributed by atoms with Gasteiger partial charge in [-0.1, -0.05) is 24.3 Å². The lowest BCUT2D eigenvalue weighted by Crippen LogP contribution is -2.17. The highest BCUT2D eigenvalue weighted by Crippen LogP contribution is 2.16. The van der Waals surface area contributed by atoms with Gasteiger partial charge in [-0.15, -0.1) is 0 Å². The number of carbonyl (C=O) groups excluding carboxylic acids is 3. The monoisotopic (exact) mass is 313 g/mol. The maximum absolute atomic E-state index is 12.0. The molecule has 0 atom stereocenters. The predicted octanol–water partition coefficient (Wildman–Crippen LogP) is 2.03. The second-order valence-corrected chi connectivity index (χ2v) is 5.13. The van der Waals surface area contributed by atoms with Crippen molar-refractivity contribution in [1.29, 1.82) is 0 Å². The Morgan fingerprint density at radius 3 is 2.26 bits per heavy atom. The van der Waals surface area contributed by atoms with Gasteiger partial charge in [-0.05, 0) is 18.6 Å². The Hall–Kier alpha value is -3.02. The van der Waals surface area contributed by atoms with Crippen LogP contribution >= 0.6 is 0 Å². The molecule has 0 unspecified atom stereocenters. The maximum Gasteiger partial charge on any atom is 0.372 e. The van der Waals surface area contributed by atoms with Crippen LogP contribution in [0.1, 0.15) is 45.3 Å². The van der Waals surface area contributed by atoms with E-state index < -0.39 is 24.0 Å². The van der Waals surface area contributed by atoms with E-state index in [-0.39, 0.29) is 5.78 Å². The fourth-order valence-corrected chi connectivity index (χ4v) is 2.19. The molecule has 0 saturated heterocycles. The number of aliphatic carboxylic acids is 1. The van der Waals surface area contributed by atoms with Crippen LogP contribution in [0, 0.1) is 0 Å². The minimum atomic E-state index is -1.62. The molecule has 0 bridgehead atoms. The zero-order valence-corrected chi connectivity index (χ0v) is 12.5. The van der Waals surface area contributed by atoms with Gasteiger partial charge >= 0.3 is 5.97 Å². The van der Waals surface area contributed by atoms with Crippen molar-refractivity contribution in [2.24, 2.45) is 0 Å². The van der Waals surface area contributed by atoms with Crippen LogP contribution in [0.25, 0.3) is 0 Å². The van der Waals surface area contributed by atoms with Crippen molar-refractivity contribution < 1.29 is 24.3 Å². The second-order valence-electron chi connectivity index (χ2n) is 5.13. The Balaban J connectivity index is 2.14. The fraction of sp³-hybridized carbons (Fsp3) is 0.176. The molecule has 0 radical (unpaired) electrons. The first kappa shape index (κ1) is 16.4. The molecule has 0 saturated carbocycles. The average molecular weight is 313 g/mol. The van der Waals surface area contributed by atoms with E-state index in [9.17, 15) is 19.2 Å². The van der Waals surface area contributed by atoms with Crippen LogP contribution in [0.3, 0.4) is 0 Å². The largest absolute Gasteiger partial charge is 0.475 e. The van der Waals surface area contributed by atoms with Gasteiger partial charge in [-0.2, -0.15) is 0 Å². The molecule has 0 aliphatic carbocycles. The van der Waals surface area contributed by atoms with Gasteiger partial charge in [0.15, 0.2) is 11.6 Å². The number of benzene rings is 1. The van der Waals surface area contributed by atoms with Gasteiger partial charge in [0.05, 0.1) is 6.42 Å². The van der Waals surface area contributed by atoms with Crippen molar-refractivity contribution in [2.45, 2.75) is 19.8 Å². The summed E-state index contributed by atoms with van der Waals surface area (Å²) in [6, 6.07) is 8.51. The third-order valence-corrected chi connectivity index (χ3v) is 3.43. The lowest BCUT2D eigenvalue weighted by Gasteiger charge is -2.04. The summed E-state index contributed by atoms with van der Waals surface area (Å²) < 4.78 is 0. The SMILES string of the molecule is CC(=O)c1ccc(Cc2[nH]ccc2C(=O)CC(=O)C(=O)O)cc1. The molecule has 23 heavy (non-hydrogen) atoms. The van der Waals surface area contributed by atoms with E-state index in [0.717, 1.165) is 5.56 Å². The van der Waals surface area contributed by atoms with Crippen molar-refractivity contribution in [3.63, 3.8) is 0 Å². The number of H-pyrrole nitrogens is 1. The quantitative estimate of drug-likeness (QED) is 0.462. The second kappa shape index (κ2) is 6.83. The van der Waals surface area contributed by atoms with E-state index in [2.05, 4.69) is 4.98 Å². The normalized spacial score (nSPS) is 10.3. The number of aromatic amines is 1. The van der Waals surface area contributed by atoms with E-state index in [4.69, 9.17) is 5.11 Å². The molecule has 6 heteroatoms. The lowest BCUT2D eigenvalue weighted by molar-refractivity contribution is -0.148. The highest BCUT2D eigenvalue weighted by molar-refractivity contribution is 6.37. The molecule has 2 N–H and O–H groups in total. The Morgan fingerprint density at radius 1 is 1.04 bits per heavy atom. The number of aromatic nitrogens is 1. The summed E-state index contributed by atoms with van der Waals surface area (Å²) in [5, 5.41) is 8.57. The highest BCUT2D eigenvalue weighted by atomic mass is 16.4. The standard InChI is InChI=1S/C17H15NO5/c1-10(19)12-4-2-11(3-5-12)8-14-13(6-7-18-14)15(20)9-16(21)17(22)23/h2-7,18H,8-9H2,1H3,(H,22,23). The van der Waals surface area contributed by atoms with Crippen LogP contribution in [0.4, 0.5) is 0 Å². The van der Waals surface area contributed by atoms with Gasteiger partial charge in [0.1, 0.15) is 0 Å². The third kappa shape index (κ3) is 4.00. The zero-order chi connectivity index (χ0) is 17.0. The van der Waals surface area contributed by atoms with Gasteiger partial charge in [0, 0.05) is 29.4 Å². The first-order chi connectivity index (χ1) is 10.9. The van der Waals surface area contributed by atoms with Gasteiger partial charge in [0.2, 0.25) is 5.78 Å². The summed E-state index contributed by atoms with van der Waals surface area (Å²) in [5.74, 6) is -3.31. The zero-order valence-electron chi connectivity index (χ0n) is 12.5. The molecule has 0 amide bonds. The van der Waals surface area contributed by atoms with E-state index in [1.165, 1.54) is 13.0 Å². The van der Waals surface area contributed by atoms with Crippen LogP contribution in [-0.2, 0) is 16.0 Å². The molecule has 0 aliphatic rings. The molecule has 2 aromatic rings. The van der Waals surface area contributed by atoms with E-state index >= 15 is 0 Å². The maximum atomic E-state index is 12.0. The number of Topliss-reactive ketones (excluding diaryl/α,β-unsaturated/α-hetero) is 3. The number of nitrogens with one attached hydrogen (secondary N) is 1. The molecule has 118 valence electrons. The van der Waals surface area contributed by atoms with Crippen LogP contribution in [0.15, 0.2) is 36.5 Å². The fourth-order valence-electron chi connectivity index (χ4n) is 2.19. The van der Waals surface area contributed by atoms with Crippen LogP contribution < -0.4 is 0 Å². The number of hydrogen-bond acceptors (Lipinski definition) is 4. The third-order valence-electron chi connectivity index (χ3n) is 3.43. The van der Waals surface area contributed by atoms with Crippen molar-refractivity contribution in [2.75, 3.05) is 0 Å². The molecule has 6 nitrogen and oxygen atoms in total. The number of ketones is 3. The first-order valence-corrected chi connectivity index (χ1v) is 6.94. The van der Waals surface area contributed by atoms with Gasteiger partial charge < -0.3 is 10.1 Å². The van der Waals surface area contributed by atoms with Crippen molar-refractivity contribution in [1.82, 2.24) is 4.98 Å². The minimum Gasteiger partial charge on any atom is -0.475 e. The van der Waals surface area contributed by atoms with E-state index in [1.807, 2.05) is 0 Å². The molecule has 0 spiro atoms. The summed E-state index contributed by atoms with van der Waals surface area (Å²) in [4.78, 5) is 47.9. The van der Waals surface area contributed by atoms with Gasteiger partial charge in [-0.25, -0.2) is 4.79 Å². The first-order valence-electron chi connectivity index (χ1n) is 6.94. The summed E-state index contributed by atoms with van der Waals surface area (Å²) in [5.41, 5.74) is 2.39. The molecule has 0 aliphatic heterocycles. The molecular formula is C17H15NO5. The van der Waals surface area contributed by atoms with Crippen molar-refractivity contribution in [3.8, 4) is 0 Å². The van der Waals surface area contributed by atoms with Crippen molar-refractivity contribution in [3.05, 3.63) is 58.9 Å². The van der Waals surface area contributed by atoms with Crippen LogP contribution in [0.5, 0.6) is 0 Å². The van der Waals surface area contributed by atoms with E-state index in [1.54, 1.807) is 30.5 Å².